The lowest BCUT2D eigenvalue weighted by atomic mass is 10.1. The average Bonchev–Trinajstić information content (AvgIpc) is 2.57. The van der Waals surface area contributed by atoms with Crippen molar-refractivity contribution in [3.63, 3.8) is 0 Å². The highest BCUT2D eigenvalue weighted by atomic mass is 14.9. The average molecular weight is 271 g/mol. The molecule has 1 N–H and O–H groups in total. The van der Waals surface area contributed by atoms with E-state index in [1.165, 1.54) is 5.56 Å². The summed E-state index contributed by atoms with van der Waals surface area (Å²) in [6.45, 7) is 0. The van der Waals surface area contributed by atoms with E-state index in [0.717, 1.165) is 11.3 Å². The molecule has 0 aliphatic carbocycles. The van der Waals surface area contributed by atoms with Crippen LogP contribution in [0.25, 0.3) is 11.1 Å². The van der Waals surface area contributed by atoms with Crippen LogP contribution in [-0.2, 0) is 0 Å². The Labute approximate surface area is 123 Å². The van der Waals surface area contributed by atoms with Gasteiger partial charge in [-0.3, -0.25) is 0 Å². The van der Waals surface area contributed by atoms with Crippen LogP contribution in [0.2, 0.25) is 0 Å². The van der Waals surface area contributed by atoms with Crippen LogP contribution in [-0.4, -0.2) is 4.98 Å². The Kier molecular flexibility index (Phi) is 3.62. The molecule has 0 unspecified atom stereocenters. The van der Waals surface area contributed by atoms with Gasteiger partial charge in [-0.15, -0.1) is 0 Å². The predicted molar refractivity (Wildman–Crippen MR) is 84.1 cm³/mol. The zero-order chi connectivity index (χ0) is 14.5. The fourth-order valence-corrected chi connectivity index (χ4v) is 2.13. The molecule has 3 rings (SSSR count). The maximum absolute atomic E-state index is 9.04. The van der Waals surface area contributed by atoms with Crippen molar-refractivity contribution in [1.29, 1.82) is 5.26 Å². The normalized spacial score (nSPS) is 9.86. The lowest BCUT2D eigenvalue weighted by molar-refractivity contribution is 1.26. The van der Waals surface area contributed by atoms with Gasteiger partial charge in [0.1, 0.15) is 6.07 Å². The van der Waals surface area contributed by atoms with Crippen LogP contribution in [0.4, 0.5) is 11.4 Å². The number of aromatic nitrogens is 1. The number of nitriles is 1. The summed E-state index contributed by atoms with van der Waals surface area (Å²) < 4.78 is 0. The molecule has 0 aliphatic heterocycles. The monoisotopic (exact) mass is 271 g/mol. The van der Waals surface area contributed by atoms with Crippen molar-refractivity contribution in [3.05, 3.63) is 78.6 Å². The fraction of sp³-hybridized carbons (Fsp3) is 0. The topological polar surface area (TPSA) is 48.7 Å². The molecular weight excluding hydrogens is 258 g/mol. The standard InChI is InChI=1S/C18H13N3/c19-13-18-17(7-4-12-20-18)21-16-10-8-15(9-11-16)14-5-2-1-3-6-14/h1-12,21H. The van der Waals surface area contributed by atoms with E-state index in [0.29, 0.717) is 11.4 Å². The van der Waals surface area contributed by atoms with Crippen molar-refractivity contribution in [2.24, 2.45) is 0 Å². The first-order chi connectivity index (χ1) is 10.4. The number of nitrogens with one attached hydrogen (secondary N) is 1. The number of anilines is 2. The largest absolute Gasteiger partial charge is 0.353 e. The minimum Gasteiger partial charge on any atom is -0.353 e. The van der Waals surface area contributed by atoms with Crippen molar-refractivity contribution in [2.75, 3.05) is 5.32 Å². The van der Waals surface area contributed by atoms with Gasteiger partial charge in [-0.2, -0.15) is 5.26 Å². The summed E-state index contributed by atoms with van der Waals surface area (Å²) in [5.74, 6) is 0. The zero-order valence-corrected chi connectivity index (χ0v) is 11.3. The van der Waals surface area contributed by atoms with Gasteiger partial charge < -0.3 is 5.32 Å². The van der Waals surface area contributed by atoms with Gasteiger partial charge in [0.25, 0.3) is 0 Å². The second-order valence-electron chi connectivity index (χ2n) is 4.58. The molecule has 0 spiro atoms. The van der Waals surface area contributed by atoms with Gasteiger partial charge in [0.2, 0.25) is 0 Å². The zero-order valence-electron chi connectivity index (χ0n) is 11.3. The molecule has 0 aliphatic rings. The molecule has 3 aromatic rings. The first-order valence-electron chi connectivity index (χ1n) is 6.64. The van der Waals surface area contributed by atoms with Crippen molar-refractivity contribution in [1.82, 2.24) is 4.98 Å². The number of rotatable bonds is 3. The second kappa shape index (κ2) is 5.89. The Hall–Kier alpha value is -3.12. The molecule has 2 aromatic carbocycles. The van der Waals surface area contributed by atoms with E-state index in [-0.39, 0.29) is 0 Å². The summed E-state index contributed by atoms with van der Waals surface area (Å²) in [5.41, 5.74) is 4.38. The smallest absolute Gasteiger partial charge is 0.163 e. The minimum absolute atomic E-state index is 0.393. The highest BCUT2D eigenvalue weighted by Gasteiger charge is 2.03. The summed E-state index contributed by atoms with van der Waals surface area (Å²) in [6.07, 6.45) is 1.61. The predicted octanol–water partition coefficient (Wildman–Crippen LogP) is 4.36. The summed E-state index contributed by atoms with van der Waals surface area (Å²) in [4.78, 5) is 4.03. The van der Waals surface area contributed by atoms with Crippen LogP contribution in [0, 0.1) is 11.3 Å². The molecule has 1 heterocycles. The third-order valence-electron chi connectivity index (χ3n) is 3.18. The SMILES string of the molecule is N#Cc1ncccc1Nc1ccc(-c2ccccc2)cc1. The second-order valence-corrected chi connectivity index (χ2v) is 4.58. The molecule has 0 amide bonds. The highest BCUT2D eigenvalue weighted by molar-refractivity contribution is 5.69. The van der Waals surface area contributed by atoms with E-state index in [1.807, 2.05) is 42.5 Å². The molecule has 0 bridgehead atoms. The third-order valence-corrected chi connectivity index (χ3v) is 3.18. The van der Waals surface area contributed by atoms with Crippen molar-refractivity contribution in [3.8, 4) is 17.2 Å². The van der Waals surface area contributed by atoms with Crippen LogP contribution in [0.3, 0.4) is 0 Å². The maximum Gasteiger partial charge on any atom is 0.163 e. The first-order valence-corrected chi connectivity index (χ1v) is 6.64. The molecule has 1 aromatic heterocycles. The van der Waals surface area contributed by atoms with Crippen molar-refractivity contribution < 1.29 is 0 Å². The molecule has 0 fully saturated rings. The summed E-state index contributed by atoms with van der Waals surface area (Å²) in [5, 5.41) is 12.3. The van der Waals surface area contributed by atoms with Gasteiger partial charge in [0.05, 0.1) is 5.69 Å². The maximum atomic E-state index is 9.04. The summed E-state index contributed by atoms with van der Waals surface area (Å²) >= 11 is 0. The van der Waals surface area contributed by atoms with E-state index in [9.17, 15) is 0 Å². The lowest BCUT2D eigenvalue weighted by Crippen LogP contribution is -1.95. The van der Waals surface area contributed by atoms with E-state index < -0.39 is 0 Å². The Morgan fingerprint density at radius 1 is 0.810 bits per heavy atom. The lowest BCUT2D eigenvalue weighted by Gasteiger charge is -2.08. The first kappa shape index (κ1) is 12.9. The molecule has 0 radical (unpaired) electrons. The van der Waals surface area contributed by atoms with Crippen molar-refractivity contribution in [2.45, 2.75) is 0 Å². The molecule has 0 saturated heterocycles. The van der Waals surface area contributed by atoms with Gasteiger partial charge >= 0.3 is 0 Å². The van der Waals surface area contributed by atoms with Crippen LogP contribution in [0.5, 0.6) is 0 Å². The summed E-state index contributed by atoms with van der Waals surface area (Å²) in [6, 6.07) is 24.0. The number of nitrogens with zero attached hydrogens (tertiary/aromatic N) is 2. The Balaban J connectivity index is 1.84. The molecular formula is C18H13N3. The number of hydrogen-bond acceptors (Lipinski definition) is 3. The summed E-state index contributed by atoms with van der Waals surface area (Å²) in [7, 11) is 0. The Bertz CT molecular complexity index is 772. The molecule has 3 nitrogen and oxygen atoms in total. The number of pyridine rings is 1. The van der Waals surface area contributed by atoms with E-state index in [4.69, 9.17) is 5.26 Å². The molecule has 0 saturated carbocycles. The molecule has 21 heavy (non-hydrogen) atoms. The van der Waals surface area contributed by atoms with Crippen LogP contribution < -0.4 is 5.32 Å². The van der Waals surface area contributed by atoms with E-state index in [1.54, 1.807) is 6.20 Å². The third kappa shape index (κ3) is 2.90. The van der Waals surface area contributed by atoms with E-state index in [2.05, 4.69) is 40.6 Å². The van der Waals surface area contributed by atoms with Gasteiger partial charge in [-0.25, -0.2) is 4.98 Å². The quantitative estimate of drug-likeness (QED) is 0.769. The fourth-order valence-electron chi connectivity index (χ4n) is 2.13. The number of benzene rings is 2. The molecule has 100 valence electrons. The van der Waals surface area contributed by atoms with Gasteiger partial charge in [0, 0.05) is 11.9 Å². The number of hydrogen-bond donors (Lipinski definition) is 1. The Morgan fingerprint density at radius 3 is 2.24 bits per heavy atom. The minimum atomic E-state index is 0.393. The van der Waals surface area contributed by atoms with Gasteiger partial charge in [-0.05, 0) is 35.4 Å². The van der Waals surface area contributed by atoms with Crippen LogP contribution in [0.1, 0.15) is 5.69 Å². The van der Waals surface area contributed by atoms with Gasteiger partial charge in [-0.1, -0.05) is 42.5 Å². The molecule has 3 heteroatoms. The van der Waals surface area contributed by atoms with Crippen molar-refractivity contribution >= 4 is 11.4 Å². The molecule has 0 atom stereocenters. The van der Waals surface area contributed by atoms with Gasteiger partial charge in [0.15, 0.2) is 5.69 Å². The highest BCUT2D eigenvalue weighted by Crippen LogP contribution is 2.23. The van der Waals surface area contributed by atoms with E-state index >= 15 is 0 Å². The Morgan fingerprint density at radius 2 is 1.52 bits per heavy atom. The van der Waals surface area contributed by atoms with Crippen LogP contribution >= 0.6 is 0 Å². The van der Waals surface area contributed by atoms with Crippen LogP contribution in [0.15, 0.2) is 72.9 Å².